The number of carbonyl (C=O) groups is 2. The molecule has 1 heterocycles. The molecule has 2 amide bonds. The fourth-order valence-electron chi connectivity index (χ4n) is 1.53. The predicted octanol–water partition coefficient (Wildman–Crippen LogP) is -0.620. The van der Waals surface area contributed by atoms with E-state index in [2.05, 4.69) is 10.6 Å². The van der Waals surface area contributed by atoms with E-state index in [1.165, 1.54) is 18.2 Å². The fourth-order valence-corrected chi connectivity index (χ4v) is 1.53. The third-order valence-electron chi connectivity index (χ3n) is 2.34. The first kappa shape index (κ1) is 11.0. The number of aromatic hydroxyl groups is 1. The Morgan fingerprint density at radius 3 is 2.53 bits per heavy atom. The maximum atomic E-state index is 11.2. The van der Waals surface area contributed by atoms with Gasteiger partial charge in [-0.05, 0) is 23.8 Å². The zero-order valence-corrected chi connectivity index (χ0v) is 8.64. The van der Waals surface area contributed by atoms with Gasteiger partial charge in [-0.3, -0.25) is 0 Å². The van der Waals surface area contributed by atoms with Crippen LogP contribution in [0.2, 0.25) is 0 Å². The van der Waals surface area contributed by atoms with Crippen molar-refractivity contribution in [3.8, 4) is 5.75 Å². The highest BCUT2D eigenvalue weighted by Crippen LogP contribution is 2.20. The van der Waals surface area contributed by atoms with Crippen LogP contribution >= 0.6 is 0 Å². The van der Waals surface area contributed by atoms with Gasteiger partial charge in [0, 0.05) is 0 Å². The highest BCUT2D eigenvalue weighted by molar-refractivity contribution is 5.92. The molecule has 1 aliphatic rings. The average Bonchev–Trinajstić information content (AvgIpc) is 2.29. The fraction of sp³-hybridized carbons (Fsp3) is 0.0909. The Hall–Kier alpha value is -2.50. The number of amides is 2. The number of phenolic OH excluding ortho intramolecular Hbond substituents is 1. The molecule has 6 heteroatoms. The van der Waals surface area contributed by atoms with Crippen molar-refractivity contribution in [2.45, 2.75) is 6.04 Å². The average molecular weight is 233 g/mol. The minimum atomic E-state index is -1.44. The molecule has 17 heavy (non-hydrogen) atoms. The number of nitrogens with one attached hydrogen (secondary N) is 2. The molecule has 0 spiro atoms. The van der Waals surface area contributed by atoms with E-state index >= 15 is 0 Å². The number of hydrogen-bond acceptors (Lipinski definition) is 4. The van der Waals surface area contributed by atoms with E-state index in [0.29, 0.717) is 5.56 Å². The number of hydrogen-bond donors (Lipinski definition) is 3. The summed E-state index contributed by atoms with van der Waals surface area (Å²) in [5.41, 5.74) is 0.392. The van der Waals surface area contributed by atoms with Crippen molar-refractivity contribution in [3.05, 3.63) is 41.6 Å². The first-order valence-corrected chi connectivity index (χ1v) is 4.86. The second-order valence-corrected chi connectivity index (χ2v) is 3.54. The molecule has 1 aromatic rings. The van der Waals surface area contributed by atoms with Gasteiger partial charge in [-0.2, -0.15) is 0 Å². The Bertz CT molecular complexity index is 493. The first-order chi connectivity index (χ1) is 8.06. The highest BCUT2D eigenvalue weighted by atomic mass is 16.4. The molecule has 0 saturated carbocycles. The van der Waals surface area contributed by atoms with Crippen molar-refractivity contribution in [1.82, 2.24) is 10.6 Å². The van der Waals surface area contributed by atoms with E-state index in [4.69, 9.17) is 5.11 Å². The van der Waals surface area contributed by atoms with Crippen molar-refractivity contribution in [2.75, 3.05) is 0 Å². The van der Waals surface area contributed by atoms with Crippen LogP contribution in [0.3, 0.4) is 0 Å². The van der Waals surface area contributed by atoms with Gasteiger partial charge in [-0.1, -0.05) is 12.1 Å². The number of carboxylic acids is 1. The lowest BCUT2D eigenvalue weighted by Gasteiger charge is -2.24. The molecule has 0 bridgehead atoms. The molecule has 1 atom stereocenters. The quantitative estimate of drug-likeness (QED) is 0.633. The number of benzene rings is 1. The van der Waals surface area contributed by atoms with E-state index in [9.17, 15) is 14.7 Å². The molecule has 0 fully saturated rings. The number of urea groups is 1. The van der Waals surface area contributed by atoms with Crippen LogP contribution in [0.25, 0.3) is 0 Å². The number of phenols is 1. The summed E-state index contributed by atoms with van der Waals surface area (Å²) in [5.74, 6) is -1.35. The lowest BCUT2D eigenvalue weighted by molar-refractivity contribution is -0.299. The monoisotopic (exact) mass is 233 g/mol. The summed E-state index contributed by atoms with van der Waals surface area (Å²) in [6, 6.07) is 4.93. The van der Waals surface area contributed by atoms with Gasteiger partial charge < -0.3 is 25.6 Å². The molecule has 2 rings (SSSR count). The Labute approximate surface area is 96.6 Å². The number of carboxylic acid groups (broad SMARTS) is 1. The van der Waals surface area contributed by atoms with Crippen LogP contribution in [0.15, 0.2) is 36.0 Å². The summed E-state index contributed by atoms with van der Waals surface area (Å²) in [5, 5.41) is 24.5. The summed E-state index contributed by atoms with van der Waals surface area (Å²) in [6.45, 7) is 0. The molecule has 1 aromatic carbocycles. The van der Waals surface area contributed by atoms with Crippen LogP contribution < -0.4 is 15.7 Å². The summed E-state index contributed by atoms with van der Waals surface area (Å²) in [7, 11) is 0. The van der Waals surface area contributed by atoms with Crippen LogP contribution in [0.1, 0.15) is 11.6 Å². The van der Waals surface area contributed by atoms with Gasteiger partial charge in [-0.15, -0.1) is 0 Å². The van der Waals surface area contributed by atoms with Gasteiger partial charge in [0.2, 0.25) is 0 Å². The zero-order valence-electron chi connectivity index (χ0n) is 8.64. The zero-order chi connectivity index (χ0) is 12.4. The van der Waals surface area contributed by atoms with Crippen LogP contribution in [0.5, 0.6) is 5.75 Å². The van der Waals surface area contributed by atoms with Gasteiger partial charge in [0.15, 0.2) is 0 Å². The summed E-state index contributed by atoms with van der Waals surface area (Å²) >= 11 is 0. The van der Waals surface area contributed by atoms with Crippen molar-refractivity contribution >= 4 is 12.0 Å². The molecular formula is C11H9N2O4-. The van der Waals surface area contributed by atoms with E-state index < -0.39 is 18.0 Å². The van der Waals surface area contributed by atoms with Gasteiger partial charge in [0.25, 0.3) is 0 Å². The summed E-state index contributed by atoms with van der Waals surface area (Å²) in [4.78, 5) is 21.9. The standard InChI is InChI=1S/C11H10N2O4/c14-7-3-1-6(2-4-7)8-5-9(10(15)16)13-11(17)12-8/h1-5,8,14H,(H,15,16)(H2,12,13,17)/p-1/t8-/m0/s1. The van der Waals surface area contributed by atoms with Crippen molar-refractivity contribution in [3.63, 3.8) is 0 Å². The van der Waals surface area contributed by atoms with Crippen molar-refractivity contribution in [2.24, 2.45) is 0 Å². The molecule has 0 unspecified atom stereocenters. The SMILES string of the molecule is O=C1NC(C(=O)[O-])=C[C@@H](c2ccc(O)cc2)N1. The van der Waals surface area contributed by atoms with Gasteiger partial charge in [-0.25, -0.2) is 4.79 Å². The van der Waals surface area contributed by atoms with E-state index in [0.717, 1.165) is 0 Å². The van der Waals surface area contributed by atoms with Gasteiger partial charge >= 0.3 is 6.03 Å². The Morgan fingerprint density at radius 1 is 1.29 bits per heavy atom. The molecule has 0 aromatic heterocycles. The predicted molar refractivity (Wildman–Crippen MR) is 55.6 cm³/mol. The molecule has 0 saturated heterocycles. The van der Waals surface area contributed by atoms with Crippen LogP contribution in [-0.2, 0) is 4.79 Å². The first-order valence-electron chi connectivity index (χ1n) is 4.86. The summed E-state index contributed by atoms with van der Waals surface area (Å²) in [6.07, 6.45) is 1.34. The van der Waals surface area contributed by atoms with Crippen LogP contribution in [-0.4, -0.2) is 17.1 Å². The minimum Gasteiger partial charge on any atom is -0.543 e. The molecule has 6 nitrogen and oxygen atoms in total. The second kappa shape index (κ2) is 4.17. The van der Waals surface area contributed by atoms with Crippen LogP contribution in [0, 0.1) is 0 Å². The lowest BCUT2D eigenvalue weighted by Crippen LogP contribution is -2.46. The van der Waals surface area contributed by atoms with E-state index in [1.54, 1.807) is 12.1 Å². The smallest absolute Gasteiger partial charge is 0.320 e. The topological polar surface area (TPSA) is 101 Å². The maximum absolute atomic E-state index is 11.2. The maximum Gasteiger partial charge on any atom is 0.320 e. The molecule has 3 N–H and O–H groups in total. The van der Waals surface area contributed by atoms with E-state index in [-0.39, 0.29) is 11.4 Å². The number of carbonyl (C=O) groups excluding carboxylic acids is 2. The Kier molecular flexibility index (Phi) is 2.70. The van der Waals surface area contributed by atoms with Gasteiger partial charge in [0.1, 0.15) is 5.75 Å². The molecule has 88 valence electrons. The van der Waals surface area contributed by atoms with Gasteiger partial charge in [0.05, 0.1) is 17.7 Å². The third kappa shape index (κ3) is 2.36. The normalized spacial score (nSPS) is 18.9. The number of aliphatic carboxylic acids is 1. The Morgan fingerprint density at radius 2 is 1.94 bits per heavy atom. The lowest BCUT2D eigenvalue weighted by atomic mass is 10.0. The second-order valence-electron chi connectivity index (χ2n) is 3.54. The number of rotatable bonds is 2. The molecule has 0 aliphatic carbocycles. The largest absolute Gasteiger partial charge is 0.543 e. The minimum absolute atomic E-state index is 0.0955. The molecular weight excluding hydrogens is 224 g/mol. The highest BCUT2D eigenvalue weighted by Gasteiger charge is 2.19. The van der Waals surface area contributed by atoms with Crippen molar-refractivity contribution < 1.29 is 19.8 Å². The Balaban J connectivity index is 2.32. The summed E-state index contributed by atoms with van der Waals surface area (Å²) < 4.78 is 0. The van der Waals surface area contributed by atoms with Crippen LogP contribution in [0.4, 0.5) is 4.79 Å². The molecule has 0 radical (unpaired) electrons. The van der Waals surface area contributed by atoms with Crippen molar-refractivity contribution in [1.29, 1.82) is 0 Å². The third-order valence-corrected chi connectivity index (χ3v) is 2.34. The van der Waals surface area contributed by atoms with E-state index in [1.807, 2.05) is 0 Å². The molecule has 1 aliphatic heterocycles.